The number of nitrogens with one attached hydrogen (secondary N) is 1. The Bertz CT molecular complexity index is 345. The van der Waals surface area contributed by atoms with E-state index in [2.05, 4.69) is 5.32 Å². The summed E-state index contributed by atoms with van der Waals surface area (Å²) in [5.74, 6) is 0. The molecule has 90 valence electrons. The van der Waals surface area contributed by atoms with Crippen LogP contribution in [-0.2, 0) is 0 Å². The highest BCUT2D eigenvalue weighted by Gasteiger charge is 2.05. The van der Waals surface area contributed by atoms with Gasteiger partial charge in [-0.05, 0) is 32.3 Å². The lowest BCUT2D eigenvalue weighted by molar-refractivity contribution is 0.148. The van der Waals surface area contributed by atoms with E-state index in [0.29, 0.717) is 23.1 Å². The number of likely N-dealkylation sites (N-methyl/N-ethyl adjacent to an activating group) is 1. The molecule has 1 rings (SSSR count). The molecule has 0 bridgehead atoms. The molecule has 1 aromatic carbocycles. The van der Waals surface area contributed by atoms with E-state index in [1.807, 2.05) is 25.1 Å². The number of aliphatic hydroxyl groups is 1. The third-order valence-corrected chi connectivity index (χ3v) is 2.78. The van der Waals surface area contributed by atoms with Crippen LogP contribution in [0.3, 0.4) is 0 Å². The van der Waals surface area contributed by atoms with E-state index >= 15 is 0 Å². The minimum atomic E-state index is -0.413. The van der Waals surface area contributed by atoms with Crippen molar-refractivity contribution in [2.45, 2.75) is 6.10 Å². The van der Waals surface area contributed by atoms with Crippen LogP contribution in [0.4, 0.5) is 5.69 Å². The molecule has 0 aliphatic heterocycles. The maximum atomic E-state index is 9.64. The van der Waals surface area contributed by atoms with Gasteiger partial charge in [-0.25, -0.2) is 0 Å². The predicted molar refractivity (Wildman–Crippen MR) is 69.5 cm³/mol. The Morgan fingerprint density at radius 1 is 1.31 bits per heavy atom. The lowest BCUT2D eigenvalue weighted by Crippen LogP contribution is -2.31. The number of rotatable bonds is 5. The van der Waals surface area contributed by atoms with E-state index in [1.165, 1.54) is 0 Å². The first-order valence-corrected chi connectivity index (χ1v) is 5.76. The first-order chi connectivity index (χ1) is 7.49. The van der Waals surface area contributed by atoms with Crippen LogP contribution in [0.1, 0.15) is 0 Å². The lowest BCUT2D eigenvalue weighted by Gasteiger charge is -2.17. The van der Waals surface area contributed by atoms with Gasteiger partial charge in [-0.15, -0.1) is 0 Å². The Balaban J connectivity index is 2.45. The maximum Gasteiger partial charge on any atom is 0.0838 e. The number of aliphatic hydroxyl groups excluding tert-OH is 1. The zero-order chi connectivity index (χ0) is 12.1. The molecule has 0 saturated carbocycles. The summed E-state index contributed by atoms with van der Waals surface area (Å²) in [4.78, 5) is 1.93. The van der Waals surface area contributed by atoms with Crippen molar-refractivity contribution >= 4 is 28.9 Å². The second-order valence-electron chi connectivity index (χ2n) is 3.93. The van der Waals surface area contributed by atoms with Gasteiger partial charge in [0.15, 0.2) is 0 Å². The molecule has 0 aliphatic carbocycles. The SMILES string of the molecule is CN(C)CC(O)CNc1ccc(Cl)c(Cl)c1. The smallest absolute Gasteiger partial charge is 0.0838 e. The third kappa shape index (κ3) is 4.58. The van der Waals surface area contributed by atoms with Crippen molar-refractivity contribution < 1.29 is 5.11 Å². The van der Waals surface area contributed by atoms with Gasteiger partial charge in [0.25, 0.3) is 0 Å². The standard InChI is InChI=1S/C11H16Cl2N2O/c1-15(2)7-9(16)6-14-8-3-4-10(12)11(13)5-8/h3-5,9,14,16H,6-7H2,1-2H3. The lowest BCUT2D eigenvalue weighted by atomic mass is 10.3. The van der Waals surface area contributed by atoms with Gasteiger partial charge >= 0.3 is 0 Å². The van der Waals surface area contributed by atoms with E-state index < -0.39 is 6.10 Å². The van der Waals surface area contributed by atoms with Crippen LogP contribution < -0.4 is 5.32 Å². The van der Waals surface area contributed by atoms with Gasteiger partial charge < -0.3 is 15.3 Å². The average Bonchev–Trinajstić information content (AvgIpc) is 2.19. The number of anilines is 1. The van der Waals surface area contributed by atoms with Crippen LogP contribution in [-0.4, -0.2) is 43.3 Å². The minimum Gasteiger partial charge on any atom is -0.390 e. The van der Waals surface area contributed by atoms with Crippen molar-refractivity contribution in [3.63, 3.8) is 0 Å². The van der Waals surface area contributed by atoms with Gasteiger partial charge in [-0.3, -0.25) is 0 Å². The zero-order valence-corrected chi connectivity index (χ0v) is 10.9. The molecular formula is C11H16Cl2N2O. The summed E-state index contributed by atoms with van der Waals surface area (Å²) in [6.07, 6.45) is -0.413. The Morgan fingerprint density at radius 2 is 2.00 bits per heavy atom. The number of halogens is 2. The highest BCUT2D eigenvalue weighted by Crippen LogP contribution is 2.24. The van der Waals surface area contributed by atoms with Crippen LogP contribution >= 0.6 is 23.2 Å². The molecule has 1 aromatic rings. The van der Waals surface area contributed by atoms with Gasteiger partial charge in [0.05, 0.1) is 16.1 Å². The Kier molecular flexibility index (Phi) is 5.35. The molecule has 0 aromatic heterocycles. The number of hydrogen-bond donors (Lipinski definition) is 2. The molecule has 0 radical (unpaired) electrons. The number of hydrogen-bond acceptors (Lipinski definition) is 3. The van der Waals surface area contributed by atoms with Crippen LogP contribution in [0, 0.1) is 0 Å². The largest absolute Gasteiger partial charge is 0.390 e. The van der Waals surface area contributed by atoms with Crippen LogP contribution in [0.5, 0.6) is 0 Å². The van der Waals surface area contributed by atoms with Crippen molar-refractivity contribution in [3.8, 4) is 0 Å². The topological polar surface area (TPSA) is 35.5 Å². The van der Waals surface area contributed by atoms with Gasteiger partial charge in [-0.2, -0.15) is 0 Å². The average molecular weight is 263 g/mol. The van der Waals surface area contributed by atoms with Crippen molar-refractivity contribution in [2.75, 3.05) is 32.5 Å². The van der Waals surface area contributed by atoms with Crippen LogP contribution in [0.25, 0.3) is 0 Å². The van der Waals surface area contributed by atoms with Crippen molar-refractivity contribution in [1.29, 1.82) is 0 Å². The fourth-order valence-corrected chi connectivity index (χ4v) is 1.63. The van der Waals surface area contributed by atoms with E-state index in [9.17, 15) is 5.11 Å². The molecule has 0 spiro atoms. The van der Waals surface area contributed by atoms with Gasteiger partial charge in [0.1, 0.15) is 0 Å². The highest BCUT2D eigenvalue weighted by atomic mass is 35.5. The summed E-state index contributed by atoms with van der Waals surface area (Å²) in [5.41, 5.74) is 0.854. The Morgan fingerprint density at radius 3 is 2.56 bits per heavy atom. The van der Waals surface area contributed by atoms with Crippen molar-refractivity contribution in [1.82, 2.24) is 4.90 Å². The summed E-state index contributed by atoms with van der Waals surface area (Å²) in [6.45, 7) is 1.10. The number of nitrogens with zero attached hydrogens (tertiary/aromatic N) is 1. The first-order valence-electron chi connectivity index (χ1n) is 5.00. The fourth-order valence-electron chi connectivity index (χ4n) is 1.33. The summed E-state index contributed by atoms with van der Waals surface area (Å²) in [7, 11) is 3.84. The molecule has 2 N–H and O–H groups in total. The van der Waals surface area contributed by atoms with Crippen molar-refractivity contribution in [2.24, 2.45) is 0 Å². The normalized spacial score (nSPS) is 12.9. The fraction of sp³-hybridized carbons (Fsp3) is 0.455. The van der Waals surface area contributed by atoms with Gasteiger partial charge in [0.2, 0.25) is 0 Å². The molecule has 1 atom stereocenters. The van der Waals surface area contributed by atoms with E-state index in [-0.39, 0.29) is 0 Å². The van der Waals surface area contributed by atoms with Crippen LogP contribution in [0.15, 0.2) is 18.2 Å². The molecule has 16 heavy (non-hydrogen) atoms. The van der Waals surface area contributed by atoms with Crippen LogP contribution in [0.2, 0.25) is 10.0 Å². The van der Waals surface area contributed by atoms with E-state index in [0.717, 1.165) is 5.69 Å². The summed E-state index contributed by atoms with van der Waals surface area (Å²) in [5, 5.41) is 13.8. The van der Waals surface area contributed by atoms with Gasteiger partial charge in [0, 0.05) is 18.8 Å². The molecule has 0 aliphatic rings. The summed E-state index contributed by atoms with van der Waals surface area (Å²) in [6, 6.07) is 5.30. The molecule has 3 nitrogen and oxygen atoms in total. The second kappa shape index (κ2) is 6.30. The van der Waals surface area contributed by atoms with Gasteiger partial charge in [-0.1, -0.05) is 23.2 Å². The number of benzene rings is 1. The minimum absolute atomic E-state index is 0.413. The predicted octanol–water partition coefficient (Wildman–Crippen LogP) is 2.33. The second-order valence-corrected chi connectivity index (χ2v) is 4.74. The van der Waals surface area contributed by atoms with E-state index in [4.69, 9.17) is 23.2 Å². The molecule has 0 saturated heterocycles. The molecular weight excluding hydrogens is 247 g/mol. The molecule has 5 heteroatoms. The molecule has 0 fully saturated rings. The summed E-state index contributed by atoms with van der Waals surface area (Å²) < 4.78 is 0. The first kappa shape index (κ1) is 13.6. The Labute approximate surface area is 106 Å². The highest BCUT2D eigenvalue weighted by molar-refractivity contribution is 6.42. The van der Waals surface area contributed by atoms with Crippen molar-refractivity contribution in [3.05, 3.63) is 28.2 Å². The quantitative estimate of drug-likeness (QED) is 0.855. The van der Waals surface area contributed by atoms with E-state index in [1.54, 1.807) is 12.1 Å². The third-order valence-electron chi connectivity index (χ3n) is 2.04. The zero-order valence-electron chi connectivity index (χ0n) is 9.37. The molecule has 0 heterocycles. The Hall–Kier alpha value is -0.480. The maximum absolute atomic E-state index is 9.64. The monoisotopic (exact) mass is 262 g/mol. The summed E-state index contributed by atoms with van der Waals surface area (Å²) >= 11 is 11.7. The molecule has 1 unspecified atom stereocenters. The molecule has 0 amide bonds.